The first-order valence-electron chi connectivity index (χ1n) is 24.2. The molecule has 16 nitrogen and oxygen atoms in total. The molecule has 19 heteroatoms. The summed E-state index contributed by atoms with van der Waals surface area (Å²) in [6.45, 7) is 21.9. The van der Waals surface area contributed by atoms with Gasteiger partial charge in [-0.2, -0.15) is 0 Å². The Labute approximate surface area is 427 Å². The van der Waals surface area contributed by atoms with Gasteiger partial charge < -0.3 is 34.1 Å². The molecule has 1 aliphatic heterocycles. The van der Waals surface area contributed by atoms with Crippen LogP contribution in [0.25, 0.3) is 11.3 Å². The van der Waals surface area contributed by atoms with Crippen molar-refractivity contribution in [3.05, 3.63) is 149 Å². The molecule has 0 spiro atoms. The number of rotatable bonds is 18. The maximum absolute atomic E-state index is 13.1. The lowest BCUT2D eigenvalue weighted by Gasteiger charge is -2.36. The van der Waals surface area contributed by atoms with E-state index in [1.165, 1.54) is 26.9 Å². The summed E-state index contributed by atoms with van der Waals surface area (Å²) >= 11 is 0. The zero-order chi connectivity index (χ0) is 52.9. The van der Waals surface area contributed by atoms with Gasteiger partial charge in [-0.25, -0.2) is 19.9 Å². The number of carbonyl (C=O) groups is 1. The highest BCUT2D eigenvalue weighted by molar-refractivity contribution is 7.73. The van der Waals surface area contributed by atoms with E-state index in [-0.39, 0.29) is 18.0 Å². The van der Waals surface area contributed by atoms with E-state index >= 15 is 0 Å². The quantitative estimate of drug-likeness (QED) is 0.0689. The number of hydrogen-bond donors (Lipinski definition) is 3. The standard InChI is InChI=1S/C26H33N6O2P.C23H29N3O5P2.2C2H6/c1-19-5-8-22(17-24(19)30-26-27-12-11-20(2)28-26)25(33)29-23-9-6-21(7-10-23)18-31-13-15-32(16-14-31)35(3,4)34;1-18-10-11-19(13-15-32(27,29-2)17-33(28,30-3)31-4)16-22(18)26-23-24-14-12-21(25-23)20-8-6-5-7-9-20;2*1-2/h5-12,17H,13-16,18H2,1-4H3,(H,29,33)(H,27,28,30);5-12,14,16H,13,15,17H2,1-4H3,(H,24,25,26);2*1-2H3. The molecule has 388 valence electrons. The molecule has 6 aromatic rings. The molecule has 0 aliphatic carbocycles. The van der Waals surface area contributed by atoms with Gasteiger partial charge in [0.1, 0.15) is 13.2 Å². The van der Waals surface area contributed by atoms with Crippen LogP contribution in [0, 0.1) is 20.8 Å². The minimum atomic E-state index is -3.45. The third-order valence-electron chi connectivity index (χ3n) is 11.5. The molecule has 0 saturated carbocycles. The SMILES string of the molecule is CC.CC.COP(=O)(CCc1ccc(C)c(Nc2nccc(-c3ccccc3)n2)c1)CP(=O)(OC)OC.Cc1ccnc(Nc2cc(C(=O)Nc3ccc(CN4CCN(P(C)(C)=O)CC4)cc3)ccc2C)n1. The molecular formula is C53H74N9O7P3. The molecule has 1 amide bonds. The molecule has 3 heterocycles. The Bertz CT molecular complexity index is 2780. The van der Waals surface area contributed by atoms with Crippen LogP contribution in [0.1, 0.15) is 66.0 Å². The lowest BCUT2D eigenvalue weighted by Crippen LogP contribution is -2.44. The molecular weight excluding hydrogens is 968 g/mol. The van der Waals surface area contributed by atoms with Crippen molar-refractivity contribution in [3.63, 3.8) is 0 Å². The molecule has 1 aliphatic rings. The predicted octanol–water partition coefficient (Wildman–Crippen LogP) is 12.9. The minimum Gasteiger partial charge on any atom is -0.331 e. The van der Waals surface area contributed by atoms with Crippen LogP contribution in [0.3, 0.4) is 0 Å². The number of piperazine rings is 1. The maximum atomic E-state index is 13.1. The van der Waals surface area contributed by atoms with E-state index in [2.05, 4.69) is 45.5 Å². The van der Waals surface area contributed by atoms with Crippen molar-refractivity contribution in [3.8, 4) is 11.3 Å². The summed E-state index contributed by atoms with van der Waals surface area (Å²) in [5.41, 5.74) is 9.80. The fourth-order valence-corrected chi connectivity index (χ4v) is 13.4. The van der Waals surface area contributed by atoms with Crippen LogP contribution in [0.15, 0.2) is 116 Å². The van der Waals surface area contributed by atoms with Crippen LogP contribution < -0.4 is 16.0 Å². The summed E-state index contributed by atoms with van der Waals surface area (Å²) in [5.74, 6) is 0.549. The summed E-state index contributed by atoms with van der Waals surface area (Å²) in [5, 5.41) is 9.47. The highest BCUT2D eigenvalue weighted by Crippen LogP contribution is 2.62. The van der Waals surface area contributed by atoms with Gasteiger partial charge in [-0.3, -0.25) is 23.5 Å². The van der Waals surface area contributed by atoms with Crippen molar-refractivity contribution in [2.45, 2.75) is 61.4 Å². The summed E-state index contributed by atoms with van der Waals surface area (Å²) < 4.78 is 55.0. The van der Waals surface area contributed by atoms with Gasteiger partial charge >= 0.3 is 7.60 Å². The number of carbonyl (C=O) groups excluding carboxylic acids is 1. The van der Waals surface area contributed by atoms with Gasteiger partial charge in [0.05, 0.1) is 5.69 Å². The van der Waals surface area contributed by atoms with Crippen molar-refractivity contribution in [1.29, 1.82) is 0 Å². The average molecular weight is 1040 g/mol. The van der Waals surface area contributed by atoms with Gasteiger partial charge in [-0.1, -0.05) is 88.4 Å². The van der Waals surface area contributed by atoms with Crippen LogP contribution >= 0.6 is 22.3 Å². The Morgan fingerprint density at radius 1 is 0.653 bits per heavy atom. The molecule has 0 bridgehead atoms. The Hall–Kier alpha value is -5.40. The van der Waals surface area contributed by atoms with Gasteiger partial charge in [0.15, 0.2) is 0 Å². The van der Waals surface area contributed by atoms with Gasteiger partial charge in [-0.15, -0.1) is 0 Å². The molecule has 3 N–H and O–H groups in total. The van der Waals surface area contributed by atoms with E-state index < -0.39 is 22.3 Å². The largest absolute Gasteiger partial charge is 0.339 e. The Morgan fingerprint density at radius 3 is 1.81 bits per heavy atom. The number of aromatic nitrogens is 4. The van der Waals surface area contributed by atoms with Crippen molar-refractivity contribution in [2.75, 3.05) is 88.9 Å². The van der Waals surface area contributed by atoms with Crippen LogP contribution in [0.5, 0.6) is 0 Å². The summed E-state index contributed by atoms with van der Waals surface area (Å²) in [7, 11) is -4.92. The topological polar surface area (TPSA) is 190 Å². The first-order valence-corrected chi connectivity index (χ1v) is 30.4. The molecule has 1 saturated heterocycles. The van der Waals surface area contributed by atoms with E-state index in [4.69, 9.17) is 13.6 Å². The highest BCUT2D eigenvalue weighted by Gasteiger charge is 2.35. The predicted molar refractivity (Wildman–Crippen MR) is 296 cm³/mol. The normalized spacial score (nSPS) is 13.7. The summed E-state index contributed by atoms with van der Waals surface area (Å²) in [4.78, 5) is 32.8. The molecule has 7 rings (SSSR count). The van der Waals surface area contributed by atoms with Crippen molar-refractivity contribution in [2.24, 2.45) is 0 Å². The Balaban J connectivity index is 0.000000293. The number of nitrogens with zero attached hydrogens (tertiary/aromatic N) is 6. The van der Waals surface area contributed by atoms with Crippen LogP contribution in [-0.2, 0) is 40.2 Å². The Morgan fingerprint density at radius 2 is 1.22 bits per heavy atom. The van der Waals surface area contributed by atoms with Gasteiger partial charge in [-0.05, 0) is 91.9 Å². The van der Waals surface area contributed by atoms with Crippen molar-refractivity contribution < 1.29 is 32.1 Å². The second-order valence-corrected chi connectivity index (χ2v) is 25.5. The number of aryl methyl sites for hydroxylation is 4. The van der Waals surface area contributed by atoms with E-state index in [0.717, 1.165) is 83.4 Å². The van der Waals surface area contributed by atoms with Crippen LogP contribution in [-0.4, -0.2) is 108 Å². The fraction of sp³-hybridized carbons (Fsp3) is 0.377. The minimum absolute atomic E-state index is 0.175. The molecule has 72 heavy (non-hydrogen) atoms. The van der Waals surface area contributed by atoms with Crippen molar-refractivity contribution >= 4 is 57.1 Å². The van der Waals surface area contributed by atoms with E-state index in [1.54, 1.807) is 12.4 Å². The molecule has 0 radical (unpaired) electrons. The van der Waals surface area contributed by atoms with Crippen molar-refractivity contribution in [1.82, 2.24) is 29.5 Å². The van der Waals surface area contributed by atoms with Gasteiger partial charge in [0.2, 0.25) is 19.3 Å². The maximum Gasteiger partial charge on any atom is 0.339 e. The number of hydrogen-bond acceptors (Lipinski definition) is 14. The van der Waals surface area contributed by atoms with Crippen LogP contribution in [0.2, 0.25) is 0 Å². The third-order valence-corrected chi connectivity index (χ3v) is 19.0. The molecule has 1 fully saturated rings. The first-order chi connectivity index (χ1) is 34.5. The second kappa shape index (κ2) is 28.7. The summed E-state index contributed by atoms with van der Waals surface area (Å²) in [6.07, 6.45) is 4.10. The van der Waals surface area contributed by atoms with E-state index in [0.29, 0.717) is 23.9 Å². The number of anilines is 5. The number of amides is 1. The fourth-order valence-electron chi connectivity index (χ4n) is 7.30. The first kappa shape index (κ1) is 59.2. The second-order valence-electron chi connectivity index (χ2n) is 16.8. The zero-order valence-corrected chi connectivity index (χ0v) is 46.7. The third kappa shape index (κ3) is 18.3. The molecule has 4 aromatic carbocycles. The number of benzene rings is 4. The van der Waals surface area contributed by atoms with Crippen LogP contribution in [0.4, 0.5) is 29.0 Å². The van der Waals surface area contributed by atoms with E-state index in [1.807, 2.05) is 165 Å². The number of nitrogens with one attached hydrogen (secondary N) is 3. The summed E-state index contributed by atoms with van der Waals surface area (Å²) in [6, 6.07) is 33.0. The molecule has 1 unspecified atom stereocenters. The smallest absolute Gasteiger partial charge is 0.331 e. The average Bonchev–Trinajstić information content (AvgIpc) is 3.39. The zero-order valence-electron chi connectivity index (χ0n) is 44.0. The highest BCUT2D eigenvalue weighted by atomic mass is 31.2. The monoisotopic (exact) mass is 1040 g/mol. The molecule has 1 atom stereocenters. The van der Waals surface area contributed by atoms with Gasteiger partial charge in [0.25, 0.3) is 5.91 Å². The molecule has 2 aromatic heterocycles. The van der Waals surface area contributed by atoms with E-state index in [9.17, 15) is 18.5 Å². The Kier molecular flexibility index (Phi) is 23.6. The lowest BCUT2D eigenvalue weighted by atomic mass is 10.1. The lowest BCUT2D eigenvalue weighted by molar-refractivity contribution is 0.102. The van der Waals surface area contributed by atoms with Gasteiger partial charge in [0, 0.05) is 120 Å².